The monoisotopic (exact) mass is 486 g/mol. The van der Waals surface area contributed by atoms with Gasteiger partial charge in [0, 0.05) is 58.4 Å². The van der Waals surface area contributed by atoms with E-state index in [0.29, 0.717) is 13.0 Å². The van der Waals surface area contributed by atoms with Crippen molar-refractivity contribution in [1.82, 2.24) is 20.5 Å². The van der Waals surface area contributed by atoms with E-state index in [1.165, 1.54) is 12.8 Å². The first-order valence-corrected chi connectivity index (χ1v) is 9.72. The molecule has 2 fully saturated rings. The molecule has 1 aromatic heterocycles. The van der Waals surface area contributed by atoms with Crippen LogP contribution in [0.15, 0.2) is 29.4 Å². The molecule has 1 aromatic rings. The van der Waals surface area contributed by atoms with Crippen LogP contribution in [0.5, 0.6) is 0 Å². The van der Waals surface area contributed by atoms with Crippen LogP contribution in [0, 0.1) is 5.92 Å². The second-order valence-corrected chi connectivity index (χ2v) is 6.90. The molecule has 1 amide bonds. The standard InChI is InChI=1S/C19H30N6O.HI/c1-2-20-19(23-15-16-6-7-16)22-10-8-18(26)25-13-11-24(12-14-25)17-5-3-4-9-21-17;/h3-5,9,16H,2,6-8,10-15H2,1H3,(H2,20,22,23);1H. The van der Waals surface area contributed by atoms with Crippen LogP contribution in [0.1, 0.15) is 26.2 Å². The van der Waals surface area contributed by atoms with Gasteiger partial charge in [-0.15, -0.1) is 24.0 Å². The van der Waals surface area contributed by atoms with Gasteiger partial charge in [0.2, 0.25) is 5.91 Å². The predicted octanol–water partition coefficient (Wildman–Crippen LogP) is 1.70. The average Bonchev–Trinajstić information content (AvgIpc) is 3.51. The van der Waals surface area contributed by atoms with Crippen LogP contribution in [-0.2, 0) is 4.79 Å². The highest BCUT2D eigenvalue weighted by Gasteiger charge is 2.22. The number of guanidine groups is 1. The Morgan fingerprint density at radius 3 is 2.63 bits per heavy atom. The van der Waals surface area contributed by atoms with E-state index in [1.807, 2.05) is 29.3 Å². The summed E-state index contributed by atoms with van der Waals surface area (Å²) < 4.78 is 0. The summed E-state index contributed by atoms with van der Waals surface area (Å²) in [6.07, 6.45) is 4.90. The summed E-state index contributed by atoms with van der Waals surface area (Å²) in [6.45, 7) is 7.58. The first-order valence-electron chi connectivity index (χ1n) is 9.72. The number of hydrogen-bond acceptors (Lipinski definition) is 4. The van der Waals surface area contributed by atoms with E-state index in [2.05, 4.69) is 32.4 Å². The molecule has 1 saturated heterocycles. The Hall–Kier alpha value is -1.58. The molecule has 0 spiro atoms. The van der Waals surface area contributed by atoms with Gasteiger partial charge in [-0.1, -0.05) is 6.07 Å². The van der Waals surface area contributed by atoms with Crippen LogP contribution >= 0.6 is 24.0 Å². The molecule has 0 aromatic carbocycles. The molecular formula is C19H31IN6O. The van der Waals surface area contributed by atoms with E-state index in [4.69, 9.17) is 0 Å². The molecule has 0 radical (unpaired) electrons. The number of pyridine rings is 1. The Morgan fingerprint density at radius 2 is 2.00 bits per heavy atom. The number of amides is 1. The lowest BCUT2D eigenvalue weighted by Gasteiger charge is -2.35. The summed E-state index contributed by atoms with van der Waals surface area (Å²) in [5, 5.41) is 6.52. The fourth-order valence-electron chi connectivity index (χ4n) is 3.03. The van der Waals surface area contributed by atoms with Crippen LogP contribution in [0.25, 0.3) is 0 Å². The second-order valence-electron chi connectivity index (χ2n) is 6.90. The molecule has 0 bridgehead atoms. The van der Waals surface area contributed by atoms with Gasteiger partial charge in [0.1, 0.15) is 5.82 Å². The maximum Gasteiger partial charge on any atom is 0.224 e. The number of nitrogens with zero attached hydrogens (tertiary/aromatic N) is 4. The number of carbonyl (C=O) groups excluding carboxylic acids is 1. The van der Waals surface area contributed by atoms with E-state index >= 15 is 0 Å². The van der Waals surface area contributed by atoms with Gasteiger partial charge in [-0.05, 0) is 37.8 Å². The van der Waals surface area contributed by atoms with Crippen molar-refractivity contribution in [3.63, 3.8) is 0 Å². The third-order valence-corrected chi connectivity index (χ3v) is 4.79. The van der Waals surface area contributed by atoms with Gasteiger partial charge in [0.05, 0.1) is 0 Å². The number of rotatable bonds is 7. The van der Waals surface area contributed by atoms with Crippen molar-refractivity contribution in [2.24, 2.45) is 10.9 Å². The van der Waals surface area contributed by atoms with Crippen molar-refractivity contribution in [3.05, 3.63) is 24.4 Å². The predicted molar refractivity (Wildman–Crippen MR) is 120 cm³/mol. The van der Waals surface area contributed by atoms with E-state index < -0.39 is 0 Å². The summed E-state index contributed by atoms with van der Waals surface area (Å²) in [5.74, 6) is 2.79. The van der Waals surface area contributed by atoms with E-state index in [1.54, 1.807) is 0 Å². The first-order chi connectivity index (χ1) is 12.8. The molecule has 2 aliphatic rings. The van der Waals surface area contributed by atoms with Gasteiger partial charge >= 0.3 is 0 Å². The van der Waals surface area contributed by atoms with Gasteiger partial charge in [-0.25, -0.2) is 4.98 Å². The Morgan fingerprint density at radius 1 is 1.22 bits per heavy atom. The SMILES string of the molecule is CCNC(=NCC1CC1)NCCC(=O)N1CCN(c2ccccn2)CC1.I. The molecule has 1 saturated carbocycles. The second kappa shape index (κ2) is 11.3. The fraction of sp³-hybridized carbons (Fsp3) is 0.632. The van der Waals surface area contributed by atoms with Crippen LogP contribution < -0.4 is 15.5 Å². The van der Waals surface area contributed by atoms with Crippen molar-refractivity contribution >= 4 is 41.7 Å². The van der Waals surface area contributed by atoms with Gasteiger partial charge in [0.15, 0.2) is 5.96 Å². The third kappa shape index (κ3) is 7.15. The number of aromatic nitrogens is 1. The number of aliphatic imine (C=N–C) groups is 1. The largest absolute Gasteiger partial charge is 0.357 e. The highest BCUT2D eigenvalue weighted by atomic mass is 127. The third-order valence-electron chi connectivity index (χ3n) is 4.79. The van der Waals surface area contributed by atoms with Crippen molar-refractivity contribution in [3.8, 4) is 0 Å². The molecule has 0 unspecified atom stereocenters. The molecule has 8 heteroatoms. The number of piperazine rings is 1. The zero-order valence-corrected chi connectivity index (χ0v) is 18.4. The van der Waals surface area contributed by atoms with Crippen molar-refractivity contribution in [2.45, 2.75) is 26.2 Å². The van der Waals surface area contributed by atoms with Crippen LogP contribution in [0.3, 0.4) is 0 Å². The normalized spacial score (nSPS) is 17.3. The quantitative estimate of drug-likeness (QED) is 0.349. The molecular weight excluding hydrogens is 455 g/mol. The Balaban J connectivity index is 0.00000261. The maximum atomic E-state index is 12.4. The molecule has 2 heterocycles. The first kappa shape index (κ1) is 21.7. The Kier molecular flexibility index (Phi) is 9.09. The summed E-state index contributed by atoms with van der Waals surface area (Å²) in [6, 6.07) is 5.94. The van der Waals surface area contributed by atoms with E-state index in [0.717, 1.165) is 57.0 Å². The molecule has 1 aliphatic heterocycles. The number of anilines is 1. The van der Waals surface area contributed by atoms with Gasteiger partial charge in [-0.3, -0.25) is 9.79 Å². The Labute approximate surface area is 179 Å². The topological polar surface area (TPSA) is 72.9 Å². The Bertz CT molecular complexity index is 599. The number of halogens is 1. The highest BCUT2D eigenvalue weighted by molar-refractivity contribution is 14.0. The number of nitrogens with one attached hydrogen (secondary N) is 2. The molecule has 1 aliphatic carbocycles. The minimum atomic E-state index is 0. The lowest BCUT2D eigenvalue weighted by atomic mass is 10.2. The molecule has 27 heavy (non-hydrogen) atoms. The number of hydrogen-bond donors (Lipinski definition) is 2. The molecule has 7 nitrogen and oxygen atoms in total. The van der Waals surface area contributed by atoms with E-state index in [-0.39, 0.29) is 29.9 Å². The summed E-state index contributed by atoms with van der Waals surface area (Å²) in [7, 11) is 0. The zero-order valence-electron chi connectivity index (χ0n) is 16.1. The highest BCUT2D eigenvalue weighted by Crippen LogP contribution is 2.28. The van der Waals surface area contributed by atoms with Crippen molar-refractivity contribution in [1.29, 1.82) is 0 Å². The van der Waals surface area contributed by atoms with E-state index in [9.17, 15) is 4.79 Å². The molecule has 2 N–H and O–H groups in total. The fourth-order valence-corrected chi connectivity index (χ4v) is 3.03. The lowest BCUT2D eigenvalue weighted by Crippen LogP contribution is -2.49. The summed E-state index contributed by atoms with van der Waals surface area (Å²) in [4.78, 5) is 25.6. The maximum absolute atomic E-state index is 12.4. The van der Waals surface area contributed by atoms with Crippen LogP contribution in [-0.4, -0.2) is 67.6 Å². The molecule has 0 atom stereocenters. The molecule has 150 valence electrons. The van der Waals surface area contributed by atoms with Crippen LogP contribution in [0.2, 0.25) is 0 Å². The van der Waals surface area contributed by atoms with Gasteiger partial charge in [-0.2, -0.15) is 0 Å². The van der Waals surface area contributed by atoms with Gasteiger partial charge < -0.3 is 20.4 Å². The number of carbonyl (C=O) groups is 1. The minimum absolute atomic E-state index is 0. The van der Waals surface area contributed by atoms with Crippen LogP contribution in [0.4, 0.5) is 5.82 Å². The summed E-state index contributed by atoms with van der Waals surface area (Å²) >= 11 is 0. The average molecular weight is 486 g/mol. The minimum Gasteiger partial charge on any atom is -0.357 e. The van der Waals surface area contributed by atoms with Gasteiger partial charge in [0.25, 0.3) is 0 Å². The van der Waals surface area contributed by atoms with Crippen molar-refractivity contribution in [2.75, 3.05) is 50.7 Å². The summed E-state index contributed by atoms with van der Waals surface area (Å²) in [5.41, 5.74) is 0. The smallest absolute Gasteiger partial charge is 0.224 e. The lowest BCUT2D eigenvalue weighted by molar-refractivity contribution is -0.131. The molecule has 3 rings (SSSR count). The zero-order chi connectivity index (χ0) is 18.2. The van der Waals surface area contributed by atoms with Crippen molar-refractivity contribution < 1.29 is 4.79 Å².